The Morgan fingerprint density at radius 3 is 1.57 bits per heavy atom. The van der Waals surface area contributed by atoms with Crippen molar-refractivity contribution >= 4 is 0 Å². The third kappa shape index (κ3) is 1.51. The molecule has 0 heterocycles. The molecule has 2 nitrogen and oxygen atoms in total. The van der Waals surface area contributed by atoms with Gasteiger partial charge in [0, 0.05) is 0 Å². The molecule has 0 spiro atoms. The van der Waals surface area contributed by atoms with Gasteiger partial charge >= 0.3 is 0 Å². The molecule has 0 amide bonds. The lowest BCUT2D eigenvalue weighted by molar-refractivity contribution is 0.0993. The number of hydrogen-bond acceptors (Lipinski definition) is 2. The van der Waals surface area contributed by atoms with Gasteiger partial charge < -0.3 is 10.2 Å². The van der Waals surface area contributed by atoms with Crippen molar-refractivity contribution in [1.82, 2.24) is 0 Å². The summed E-state index contributed by atoms with van der Waals surface area (Å²) < 4.78 is 0. The van der Waals surface area contributed by atoms with E-state index in [-0.39, 0.29) is 12.2 Å². The Hall–Kier alpha value is -0.340. The molecule has 0 radical (unpaired) electrons. The van der Waals surface area contributed by atoms with Gasteiger partial charge in [0.1, 0.15) is 0 Å². The van der Waals surface area contributed by atoms with E-state index in [0.29, 0.717) is 11.8 Å². The van der Waals surface area contributed by atoms with Crippen molar-refractivity contribution in [2.45, 2.75) is 51.7 Å². The van der Waals surface area contributed by atoms with Crippen LogP contribution in [0.3, 0.4) is 0 Å². The van der Waals surface area contributed by atoms with Crippen LogP contribution < -0.4 is 0 Å². The summed E-state index contributed by atoms with van der Waals surface area (Å²) in [4.78, 5) is 0. The van der Waals surface area contributed by atoms with Gasteiger partial charge in [0.15, 0.2) is 0 Å². The van der Waals surface area contributed by atoms with E-state index in [0.717, 1.165) is 31.3 Å². The molecule has 4 atom stereocenters. The molecule has 0 bridgehead atoms. The first kappa shape index (κ1) is 10.2. The first-order valence-corrected chi connectivity index (χ1v) is 5.71. The second-order valence-electron chi connectivity index (χ2n) is 4.90. The molecule has 0 aromatic heterocycles. The predicted molar refractivity (Wildman–Crippen MR) is 55.8 cm³/mol. The van der Waals surface area contributed by atoms with Gasteiger partial charge in [-0.15, -0.1) is 0 Å². The third-order valence-electron chi connectivity index (χ3n) is 3.86. The van der Waals surface area contributed by atoms with Crippen LogP contribution in [0.4, 0.5) is 0 Å². The third-order valence-corrected chi connectivity index (χ3v) is 3.86. The standard InChI is InChI=1S/C12H20O2/c1-7-3-5-9(13)12-10(14)6-4-8(2)11(7)12/h7-10,13-14H,3-6H2,1-2H3. The molecule has 0 aromatic rings. The van der Waals surface area contributed by atoms with E-state index in [4.69, 9.17) is 0 Å². The maximum absolute atomic E-state index is 9.89. The first-order valence-electron chi connectivity index (χ1n) is 5.71. The minimum Gasteiger partial charge on any atom is -0.389 e. The van der Waals surface area contributed by atoms with Gasteiger partial charge in [-0.25, -0.2) is 0 Å². The first-order chi connectivity index (χ1) is 6.61. The summed E-state index contributed by atoms with van der Waals surface area (Å²) >= 11 is 0. The second kappa shape index (κ2) is 3.67. The molecule has 80 valence electrons. The minimum atomic E-state index is -0.376. The highest BCUT2D eigenvalue weighted by atomic mass is 16.3. The maximum atomic E-state index is 9.89. The van der Waals surface area contributed by atoms with E-state index in [1.165, 1.54) is 5.57 Å². The highest BCUT2D eigenvalue weighted by Gasteiger charge is 2.35. The van der Waals surface area contributed by atoms with Crippen molar-refractivity contribution < 1.29 is 10.2 Å². The Bertz CT molecular complexity index is 207. The van der Waals surface area contributed by atoms with Gasteiger partial charge in [-0.1, -0.05) is 19.4 Å². The van der Waals surface area contributed by atoms with E-state index in [2.05, 4.69) is 13.8 Å². The highest BCUT2D eigenvalue weighted by molar-refractivity contribution is 5.30. The Kier molecular flexibility index (Phi) is 2.67. The fourth-order valence-electron chi connectivity index (χ4n) is 3.10. The molecule has 2 rings (SSSR count). The molecule has 0 aliphatic heterocycles. The van der Waals surface area contributed by atoms with Crippen LogP contribution in [-0.4, -0.2) is 22.4 Å². The van der Waals surface area contributed by atoms with Crippen LogP contribution in [0.2, 0.25) is 0 Å². The summed E-state index contributed by atoms with van der Waals surface area (Å²) in [7, 11) is 0. The largest absolute Gasteiger partial charge is 0.389 e. The van der Waals surface area contributed by atoms with Crippen LogP contribution >= 0.6 is 0 Å². The molecule has 0 aromatic carbocycles. The average Bonchev–Trinajstić information content (AvgIpc) is 2.16. The minimum absolute atomic E-state index is 0.376. The molecule has 0 saturated carbocycles. The summed E-state index contributed by atoms with van der Waals surface area (Å²) in [5.41, 5.74) is 2.31. The fourth-order valence-corrected chi connectivity index (χ4v) is 3.10. The fraction of sp³-hybridized carbons (Fsp3) is 0.833. The second-order valence-corrected chi connectivity index (χ2v) is 4.90. The van der Waals surface area contributed by atoms with Crippen LogP contribution in [0.15, 0.2) is 11.1 Å². The number of aliphatic hydroxyl groups is 2. The normalized spacial score (nSPS) is 43.7. The van der Waals surface area contributed by atoms with Crippen LogP contribution in [0.25, 0.3) is 0 Å². The molecule has 2 heteroatoms. The van der Waals surface area contributed by atoms with Crippen molar-refractivity contribution in [2.75, 3.05) is 0 Å². The van der Waals surface area contributed by atoms with Gasteiger partial charge in [-0.2, -0.15) is 0 Å². The van der Waals surface area contributed by atoms with E-state index in [9.17, 15) is 10.2 Å². The molecule has 2 N–H and O–H groups in total. The van der Waals surface area contributed by atoms with Crippen molar-refractivity contribution in [2.24, 2.45) is 11.8 Å². The molecule has 2 aliphatic carbocycles. The summed E-state index contributed by atoms with van der Waals surface area (Å²) in [6.07, 6.45) is 3.03. The monoisotopic (exact) mass is 196 g/mol. The van der Waals surface area contributed by atoms with Gasteiger partial charge in [0.05, 0.1) is 12.2 Å². The zero-order chi connectivity index (χ0) is 10.3. The SMILES string of the molecule is CC1CCC(O)C2=C1C(C)CCC2O. The number of aliphatic hydroxyl groups excluding tert-OH is 2. The average molecular weight is 196 g/mol. The molecule has 4 unspecified atom stereocenters. The van der Waals surface area contributed by atoms with Crippen LogP contribution in [-0.2, 0) is 0 Å². The summed E-state index contributed by atoms with van der Waals surface area (Å²) in [5.74, 6) is 1.11. The number of hydrogen-bond donors (Lipinski definition) is 2. The molecule has 0 fully saturated rings. The zero-order valence-electron chi connectivity index (χ0n) is 9.03. The number of rotatable bonds is 0. The molecule has 14 heavy (non-hydrogen) atoms. The Morgan fingerprint density at radius 2 is 1.21 bits per heavy atom. The van der Waals surface area contributed by atoms with Crippen LogP contribution in [0, 0.1) is 11.8 Å². The van der Waals surface area contributed by atoms with Gasteiger partial charge in [-0.3, -0.25) is 0 Å². The summed E-state index contributed by atoms with van der Waals surface area (Å²) in [6.45, 7) is 4.44. The van der Waals surface area contributed by atoms with Crippen LogP contribution in [0.5, 0.6) is 0 Å². The Balaban J connectivity index is 2.40. The zero-order valence-corrected chi connectivity index (χ0v) is 9.03. The van der Waals surface area contributed by atoms with Gasteiger partial charge in [-0.05, 0) is 43.1 Å². The summed E-state index contributed by atoms with van der Waals surface area (Å²) in [5, 5.41) is 19.8. The Morgan fingerprint density at radius 1 is 0.786 bits per heavy atom. The van der Waals surface area contributed by atoms with Gasteiger partial charge in [0.2, 0.25) is 0 Å². The lowest BCUT2D eigenvalue weighted by Gasteiger charge is -2.39. The van der Waals surface area contributed by atoms with Crippen molar-refractivity contribution in [1.29, 1.82) is 0 Å². The summed E-state index contributed by atoms with van der Waals surface area (Å²) in [6, 6.07) is 0. The van der Waals surface area contributed by atoms with E-state index >= 15 is 0 Å². The molecule has 2 aliphatic rings. The van der Waals surface area contributed by atoms with Crippen molar-refractivity contribution in [3.63, 3.8) is 0 Å². The van der Waals surface area contributed by atoms with Crippen molar-refractivity contribution in [3.05, 3.63) is 11.1 Å². The molecule has 0 saturated heterocycles. The number of allylic oxidation sites excluding steroid dienone is 1. The van der Waals surface area contributed by atoms with E-state index < -0.39 is 0 Å². The predicted octanol–water partition coefficient (Wildman–Crippen LogP) is 1.86. The highest BCUT2D eigenvalue weighted by Crippen LogP contribution is 2.42. The lowest BCUT2D eigenvalue weighted by atomic mass is 9.70. The van der Waals surface area contributed by atoms with Crippen LogP contribution in [0.1, 0.15) is 39.5 Å². The topological polar surface area (TPSA) is 40.5 Å². The van der Waals surface area contributed by atoms with E-state index in [1.54, 1.807) is 0 Å². The maximum Gasteiger partial charge on any atom is 0.0778 e. The van der Waals surface area contributed by atoms with E-state index in [1.807, 2.05) is 0 Å². The lowest BCUT2D eigenvalue weighted by Crippen LogP contribution is -2.35. The molecular formula is C12H20O2. The smallest absolute Gasteiger partial charge is 0.0778 e. The quantitative estimate of drug-likeness (QED) is 0.581. The molecular weight excluding hydrogens is 176 g/mol. The Labute approximate surface area is 85.6 Å². The van der Waals surface area contributed by atoms with Gasteiger partial charge in [0.25, 0.3) is 0 Å². The van der Waals surface area contributed by atoms with Crippen molar-refractivity contribution in [3.8, 4) is 0 Å².